The molecule has 0 bridgehead atoms. The van der Waals surface area contributed by atoms with Crippen LogP contribution in [0, 0.1) is 0 Å². The normalized spacial score (nSPS) is 10.5. The lowest BCUT2D eigenvalue weighted by atomic mass is 10.1. The summed E-state index contributed by atoms with van der Waals surface area (Å²) in [5.41, 5.74) is 0.951. The largest absolute Gasteiger partial charge is 0.493 e. The van der Waals surface area contributed by atoms with E-state index in [1.807, 2.05) is 18.2 Å². The summed E-state index contributed by atoms with van der Waals surface area (Å²) in [6.45, 7) is 2.92. The molecule has 0 saturated carbocycles. The lowest BCUT2D eigenvalue weighted by Gasteiger charge is -2.12. The van der Waals surface area contributed by atoms with Gasteiger partial charge in [-0.3, -0.25) is 4.79 Å². The minimum atomic E-state index is -0.789. The highest BCUT2D eigenvalue weighted by Crippen LogP contribution is 2.28. The molecule has 0 aliphatic carbocycles. The van der Waals surface area contributed by atoms with Crippen LogP contribution in [-0.4, -0.2) is 24.8 Å². The number of rotatable bonds is 13. The fraction of sp³-hybridized carbons (Fsp3) is 0.632. The van der Waals surface area contributed by atoms with Gasteiger partial charge in [0.25, 0.3) is 0 Å². The molecule has 0 aliphatic heterocycles. The quantitative estimate of drug-likeness (QED) is 0.528. The molecule has 0 unspecified atom stereocenters. The van der Waals surface area contributed by atoms with Crippen molar-refractivity contribution >= 4 is 5.97 Å². The number of ether oxygens (including phenoxy) is 2. The molecular weight excluding hydrogens is 292 g/mol. The van der Waals surface area contributed by atoms with Crippen molar-refractivity contribution in [1.82, 2.24) is 0 Å². The van der Waals surface area contributed by atoms with E-state index >= 15 is 0 Å². The predicted molar refractivity (Wildman–Crippen MR) is 92.4 cm³/mol. The van der Waals surface area contributed by atoms with Gasteiger partial charge in [-0.1, -0.05) is 51.5 Å². The Morgan fingerprint density at radius 3 is 2.39 bits per heavy atom. The van der Waals surface area contributed by atoms with E-state index in [0.29, 0.717) is 18.8 Å². The molecule has 1 aromatic rings. The van der Waals surface area contributed by atoms with Crippen molar-refractivity contribution < 1.29 is 19.4 Å². The first kappa shape index (κ1) is 19.3. The second-order valence-corrected chi connectivity index (χ2v) is 5.85. The number of carbonyl (C=O) groups is 1. The van der Waals surface area contributed by atoms with Gasteiger partial charge in [-0.2, -0.15) is 0 Å². The van der Waals surface area contributed by atoms with Gasteiger partial charge in [0.1, 0.15) is 0 Å². The summed E-state index contributed by atoms with van der Waals surface area (Å²) in [4.78, 5) is 10.6. The Bertz CT molecular complexity index is 457. The van der Waals surface area contributed by atoms with Crippen molar-refractivity contribution in [3.05, 3.63) is 23.8 Å². The third kappa shape index (κ3) is 8.48. The Balaban J connectivity index is 2.31. The average molecular weight is 322 g/mol. The second-order valence-electron chi connectivity index (χ2n) is 5.85. The predicted octanol–water partition coefficient (Wildman–Crippen LogP) is 4.84. The smallest absolute Gasteiger partial charge is 0.303 e. The monoisotopic (exact) mass is 322 g/mol. The van der Waals surface area contributed by atoms with Crippen LogP contribution in [0.3, 0.4) is 0 Å². The molecule has 1 N–H and O–H groups in total. The number of carboxylic acids is 1. The fourth-order valence-electron chi connectivity index (χ4n) is 2.48. The molecule has 4 heteroatoms. The molecule has 0 aliphatic rings. The van der Waals surface area contributed by atoms with Crippen LogP contribution < -0.4 is 9.47 Å². The standard InChI is InChI=1S/C19H30O4/c1-3-4-5-6-7-8-9-14-23-17-12-10-16(11-13-19(20)21)15-18(17)22-2/h10,12,15H,3-9,11,13-14H2,1-2H3,(H,20,21). The molecule has 4 nitrogen and oxygen atoms in total. The maximum absolute atomic E-state index is 10.6. The topological polar surface area (TPSA) is 55.8 Å². The van der Waals surface area contributed by atoms with Crippen molar-refractivity contribution in [2.45, 2.75) is 64.7 Å². The zero-order valence-electron chi connectivity index (χ0n) is 14.5. The lowest BCUT2D eigenvalue weighted by Crippen LogP contribution is -2.01. The van der Waals surface area contributed by atoms with E-state index in [9.17, 15) is 4.79 Å². The fourth-order valence-corrected chi connectivity index (χ4v) is 2.48. The highest BCUT2D eigenvalue weighted by atomic mass is 16.5. The zero-order valence-corrected chi connectivity index (χ0v) is 14.5. The van der Waals surface area contributed by atoms with Gasteiger partial charge in [0, 0.05) is 6.42 Å². The molecule has 130 valence electrons. The van der Waals surface area contributed by atoms with Gasteiger partial charge in [-0.05, 0) is 30.5 Å². The van der Waals surface area contributed by atoms with Gasteiger partial charge in [0.05, 0.1) is 13.7 Å². The van der Waals surface area contributed by atoms with E-state index in [2.05, 4.69) is 6.92 Å². The summed E-state index contributed by atoms with van der Waals surface area (Å²) in [5.74, 6) is 0.622. The summed E-state index contributed by atoms with van der Waals surface area (Å²) in [7, 11) is 1.61. The third-order valence-electron chi connectivity index (χ3n) is 3.86. The van der Waals surface area contributed by atoms with E-state index in [-0.39, 0.29) is 6.42 Å². The van der Waals surface area contributed by atoms with Crippen LogP contribution in [0.1, 0.15) is 63.9 Å². The molecule has 0 fully saturated rings. The van der Waals surface area contributed by atoms with E-state index < -0.39 is 5.97 Å². The summed E-state index contributed by atoms with van der Waals surface area (Å²) in [5, 5.41) is 8.73. The maximum Gasteiger partial charge on any atom is 0.303 e. The van der Waals surface area contributed by atoms with Crippen molar-refractivity contribution in [2.24, 2.45) is 0 Å². The van der Waals surface area contributed by atoms with E-state index in [1.54, 1.807) is 7.11 Å². The highest BCUT2D eigenvalue weighted by molar-refractivity contribution is 5.67. The molecule has 1 rings (SSSR count). The number of carboxylic acid groups (broad SMARTS) is 1. The third-order valence-corrected chi connectivity index (χ3v) is 3.86. The SMILES string of the molecule is CCCCCCCCCOc1ccc(CCC(=O)O)cc1OC. The molecule has 0 aromatic heterocycles. The van der Waals surface area contributed by atoms with Crippen LogP contribution in [0.4, 0.5) is 0 Å². The Hall–Kier alpha value is -1.71. The maximum atomic E-state index is 10.6. The summed E-state index contributed by atoms with van der Waals surface area (Å²) < 4.78 is 11.1. The molecule has 1 aromatic carbocycles. The molecule has 0 heterocycles. The zero-order chi connectivity index (χ0) is 16.9. The number of methoxy groups -OCH3 is 1. The van der Waals surface area contributed by atoms with E-state index in [0.717, 1.165) is 17.7 Å². The van der Waals surface area contributed by atoms with Gasteiger partial charge in [0.2, 0.25) is 0 Å². The minimum Gasteiger partial charge on any atom is -0.493 e. The van der Waals surface area contributed by atoms with Crippen LogP contribution in [0.2, 0.25) is 0 Å². The van der Waals surface area contributed by atoms with Crippen molar-refractivity contribution in [3.63, 3.8) is 0 Å². The first-order valence-corrected chi connectivity index (χ1v) is 8.69. The molecule has 0 saturated heterocycles. The molecule has 0 spiro atoms. The Kier molecular flexibility index (Phi) is 9.92. The number of aliphatic carboxylic acids is 1. The van der Waals surface area contributed by atoms with Crippen LogP contribution in [0.15, 0.2) is 18.2 Å². The summed E-state index contributed by atoms with van der Waals surface area (Å²) >= 11 is 0. The molecule has 0 amide bonds. The Morgan fingerprint density at radius 2 is 1.74 bits per heavy atom. The van der Waals surface area contributed by atoms with Crippen LogP contribution in [-0.2, 0) is 11.2 Å². The second kappa shape index (κ2) is 11.8. The van der Waals surface area contributed by atoms with Crippen molar-refractivity contribution in [2.75, 3.05) is 13.7 Å². The number of hydrogen-bond donors (Lipinski definition) is 1. The molecular formula is C19H30O4. The number of benzene rings is 1. The van der Waals surface area contributed by atoms with Gasteiger partial charge >= 0.3 is 5.97 Å². The van der Waals surface area contributed by atoms with Gasteiger partial charge in [-0.25, -0.2) is 0 Å². The van der Waals surface area contributed by atoms with Crippen LogP contribution in [0.5, 0.6) is 11.5 Å². The number of aryl methyl sites for hydroxylation is 1. The average Bonchev–Trinajstić information content (AvgIpc) is 2.55. The molecule has 0 atom stereocenters. The summed E-state index contributed by atoms with van der Waals surface area (Å²) in [6, 6.07) is 5.64. The van der Waals surface area contributed by atoms with Crippen molar-refractivity contribution in [3.8, 4) is 11.5 Å². The Morgan fingerprint density at radius 1 is 1.04 bits per heavy atom. The number of hydrogen-bond acceptors (Lipinski definition) is 3. The first-order chi connectivity index (χ1) is 11.2. The van der Waals surface area contributed by atoms with E-state index in [4.69, 9.17) is 14.6 Å². The summed E-state index contributed by atoms with van der Waals surface area (Å²) in [6.07, 6.45) is 9.42. The Labute approximate surface area is 139 Å². The molecule has 0 radical (unpaired) electrons. The van der Waals surface area contributed by atoms with Crippen LogP contribution in [0.25, 0.3) is 0 Å². The number of unbranched alkanes of at least 4 members (excludes halogenated alkanes) is 6. The molecule has 23 heavy (non-hydrogen) atoms. The van der Waals surface area contributed by atoms with Crippen LogP contribution >= 0.6 is 0 Å². The van der Waals surface area contributed by atoms with E-state index in [1.165, 1.54) is 38.5 Å². The lowest BCUT2D eigenvalue weighted by molar-refractivity contribution is -0.136. The van der Waals surface area contributed by atoms with Gasteiger partial charge in [0.15, 0.2) is 11.5 Å². The van der Waals surface area contributed by atoms with Gasteiger partial charge < -0.3 is 14.6 Å². The highest BCUT2D eigenvalue weighted by Gasteiger charge is 2.07. The first-order valence-electron chi connectivity index (χ1n) is 8.69. The minimum absolute atomic E-state index is 0.126. The van der Waals surface area contributed by atoms with Gasteiger partial charge in [-0.15, -0.1) is 0 Å². The van der Waals surface area contributed by atoms with Crippen molar-refractivity contribution in [1.29, 1.82) is 0 Å².